The van der Waals surface area contributed by atoms with Crippen LogP contribution in [0.25, 0.3) is 0 Å². The molecule has 0 aromatic carbocycles. The lowest BCUT2D eigenvalue weighted by molar-refractivity contribution is -0.179. The van der Waals surface area contributed by atoms with Crippen LogP contribution in [0.15, 0.2) is 0 Å². The van der Waals surface area contributed by atoms with E-state index in [0.29, 0.717) is 25.6 Å². The van der Waals surface area contributed by atoms with Crippen molar-refractivity contribution in [3.05, 3.63) is 0 Å². The second-order valence-corrected chi connectivity index (χ2v) is 4.89. The van der Waals surface area contributed by atoms with Crippen LogP contribution >= 0.6 is 0 Å². The van der Waals surface area contributed by atoms with Crippen molar-refractivity contribution in [2.45, 2.75) is 50.9 Å². The lowest BCUT2D eigenvalue weighted by Crippen LogP contribution is -2.42. The van der Waals surface area contributed by atoms with Crippen molar-refractivity contribution in [2.24, 2.45) is 0 Å². The van der Waals surface area contributed by atoms with Crippen molar-refractivity contribution in [1.29, 1.82) is 0 Å². The highest BCUT2D eigenvalue weighted by molar-refractivity contribution is 5.69. The molecule has 104 valence electrons. The zero-order chi connectivity index (χ0) is 12.8. The van der Waals surface area contributed by atoms with Gasteiger partial charge in [-0.2, -0.15) is 0 Å². The molecule has 0 aromatic rings. The summed E-state index contributed by atoms with van der Waals surface area (Å²) in [4.78, 5) is 11.2. The second kappa shape index (κ2) is 6.50. The normalized spacial score (nSPS) is 23.4. The first kappa shape index (κ1) is 13.8. The van der Waals surface area contributed by atoms with Gasteiger partial charge in [-0.25, -0.2) is 0 Å². The molecule has 1 saturated carbocycles. The van der Waals surface area contributed by atoms with E-state index in [2.05, 4.69) is 5.32 Å². The minimum absolute atomic E-state index is 0.125. The lowest BCUT2D eigenvalue weighted by atomic mass is 9.90. The summed E-state index contributed by atoms with van der Waals surface area (Å²) in [5.74, 6) is -0.418. The highest BCUT2D eigenvalue weighted by Crippen LogP contribution is 2.35. The van der Waals surface area contributed by atoms with Gasteiger partial charge in [0.1, 0.15) is 0 Å². The van der Waals surface area contributed by atoms with Gasteiger partial charge in [0, 0.05) is 25.4 Å². The van der Waals surface area contributed by atoms with Crippen molar-refractivity contribution in [3.8, 4) is 0 Å². The van der Waals surface area contributed by atoms with Crippen molar-refractivity contribution in [1.82, 2.24) is 5.32 Å². The minimum Gasteiger partial charge on any atom is -0.466 e. The summed E-state index contributed by atoms with van der Waals surface area (Å²) in [5.41, 5.74) is 0. The van der Waals surface area contributed by atoms with E-state index in [4.69, 9.17) is 14.2 Å². The fourth-order valence-corrected chi connectivity index (χ4v) is 2.66. The molecule has 0 radical (unpaired) electrons. The number of esters is 1. The van der Waals surface area contributed by atoms with Gasteiger partial charge in [-0.15, -0.1) is 0 Å². The minimum atomic E-state index is -0.292. The number of carbonyl (C=O) groups excluding carboxylic acids is 1. The van der Waals surface area contributed by atoms with Gasteiger partial charge >= 0.3 is 5.97 Å². The van der Waals surface area contributed by atoms with Gasteiger partial charge in [0.25, 0.3) is 0 Å². The van der Waals surface area contributed by atoms with E-state index in [-0.39, 0.29) is 11.8 Å². The quantitative estimate of drug-likeness (QED) is 0.750. The predicted molar refractivity (Wildman–Crippen MR) is 66.1 cm³/mol. The van der Waals surface area contributed by atoms with Crippen LogP contribution < -0.4 is 5.32 Å². The van der Waals surface area contributed by atoms with Crippen molar-refractivity contribution in [3.63, 3.8) is 0 Å². The molecule has 18 heavy (non-hydrogen) atoms. The Morgan fingerprint density at radius 3 is 2.61 bits per heavy atom. The maximum Gasteiger partial charge on any atom is 0.307 e. The van der Waals surface area contributed by atoms with Gasteiger partial charge in [-0.1, -0.05) is 0 Å². The molecule has 0 amide bonds. The Balaban J connectivity index is 1.60. The van der Waals surface area contributed by atoms with Gasteiger partial charge in [0.05, 0.1) is 26.2 Å². The Bertz CT molecular complexity index is 266. The second-order valence-electron chi connectivity index (χ2n) is 4.89. The van der Waals surface area contributed by atoms with Gasteiger partial charge in [0.15, 0.2) is 5.79 Å². The highest BCUT2D eigenvalue weighted by atomic mass is 16.7. The monoisotopic (exact) mass is 257 g/mol. The van der Waals surface area contributed by atoms with E-state index < -0.39 is 0 Å². The first-order valence-corrected chi connectivity index (χ1v) is 6.91. The van der Waals surface area contributed by atoms with Crippen molar-refractivity contribution >= 4 is 5.97 Å². The Hall–Kier alpha value is -0.650. The maximum atomic E-state index is 11.2. The molecule has 2 fully saturated rings. The largest absolute Gasteiger partial charge is 0.466 e. The Morgan fingerprint density at radius 1 is 1.33 bits per heavy atom. The van der Waals surface area contributed by atoms with Crippen LogP contribution in [0.1, 0.15) is 39.0 Å². The fraction of sp³-hybridized carbons (Fsp3) is 0.923. The zero-order valence-corrected chi connectivity index (χ0v) is 11.1. The molecule has 1 N–H and O–H groups in total. The maximum absolute atomic E-state index is 11.2. The molecule has 0 bridgehead atoms. The van der Waals surface area contributed by atoms with Crippen molar-refractivity contribution < 1.29 is 19.0 Å². The molecule has 1 saturated heterocycles. The standard InChI is InChI=1S/C13H23NO4/c1-2-16-12(15)5-8-14-11-3-6-13(7-4-11)17-9-10-18-13/h11,14H,2-10H2,1H3. The van der Waals surface area contributed by atoms with Crippen LogP contribution in [0.2, 0.25) is 0 Å². The summed E-state index contributed by atoms with van der Waals surface area (Å²) in [6.45, 7) is 4.42. The Morgan fingerprint density at radius 2 is 2.00 bits per heavy atom. The number of hydrogen-bond acceptors (Lipinski definition) is 5. The third-order valence-electron chi connectivity index (χ3n) is 3.63. The molecule has 5 nitrogen and oxygen atoms in total. The van der Waals surface area contributed by atoms with Crippen LogP contribution in [0.4, 0.5) is 0 Å². The topological polar surface area (TPSA) is 56.8 Å². The average molecular weight is 257 g/mol. The number of ether oxygens (including phenoxy) is 3. The molecule has 1 aliphatic carbocycles. The predicted octanol–water partition coefficient (Wildman–Crippen LogP) is 1.21. The molecular weight excluding hydrogens is 234 g/mol. The van der Waals surface area contributed by atoms with E-state index in [1.54, 1.807) is 0 Å². The van der Waals surface area contributed by atoms with Crippen molar-refractivity contribution in [2.75, 3.05) is 26.4 Å². The zero-order valence-electron chi connectivity index (χ0n) is 11.1. The van der Waals surface area contributed by atoms with E-state index in [0.717, 1.165) is 38.9 Å². The summed E-state index contributed by atoms with van der Waals surface area (Å²) in [7, 11) is 0. The SMILES string of the molecule is CCOC(=O)CCNC1CCC2(CC1)OCCO2. The van der Waals surface area contributed by atoms with Crippen LogP contribution in [-0.2, 0) is 19.0 Å². The first-order chi connectivity index (χ1) is 8.74. The summed E-state index contributed by atoms with van der Waals surface area (Å²) in [5, 5.41) is 3.41. The lowest BCUT2D eigenvalue weighted by Gasteiger charge is -2.35. The highest BCUT2D eigenvalue weighted by Gasteiger charge is 2.40. The van der Waals surface area contributed by atoms with E-state index >= 15 is 0 Å². The third-order valence-corrected chi connectivity index (χ3v) is 3.63. The summed E-state index contributed by atoms with van der Waals surface area (Å²) in [6, 6.07) is 0.470. The molecular formula is C13H23NO4. The Labute approximate surface area is 108 Å². The average Bonchev–Trinajstić information content (AvgIpc) is 2.81. The summed E-state index contributed by atoms with van der Waals surface area (Å²) >= 11 is 0. The summed E-state index contributed by atoms with van der Waals surface area (Å²) < 4.78 is 16.2. The molecule has 0 unspecified atom stereocenters. The molecule has 0 atom stereocenters. The Kier molecular flexibility index (Phi) is 4.97. The van der Waals surface area contributed by atoms with E-state index in [9.17, 15) is 4.79 Å². The van der Waals surface area contributed by atoms with Crippen LogP contribution in [0.3, 0.4) is 0 Å². The van der Waals surface area contributed by atoms with E-state index in [1.807, 2.05) is 6.92 Å². The third kappa shape index (κ3) is 3.67. The molecule has 5 heteroatoms. The number of carbonyl (C=O) groups is 1. The molecule has 2 aliphatic rings. The van der Waals surface area contributed by atoms with Gasteiger partial charge in [0.2, 0.25) is 0 Å². The van der Waals surface area contributed by atoms with Crippen LogP contribution in [-0.4, -0.2) is 44.2 Å². The van der Waals surface area contributed by atoms with Gasteiger partial charge in [-0.3, -0.25) is 4.79 Å². The molecule has 0 aromatic heterocycles. The number of rotatable bonds is 5. The molecule has 2 rings (SSSR count). The number of hydrogen-bond donors (Lipinski definition) is 1. The fourth-order valence-electron chi connectivity index (χ4n) is 2.66. The molecule has 1 spiro atoms. The van der Waals surface area contributed by atoms with Crippen LogP contribution in [0.5, 0.6) is 0 Å². The van der Waals surface area contributed by atoms with Crippen LogP contribution in [0, 0.1) is 0 Å². The van der Waals surface area contributed by atoms with Gasteiger partial charge in [-0.05, 0) is 19.8 Å². The van der Waals surface area contributed by atoms with Gasteiger partial charge < -0.3 is 19.5 Å². The summed E-state index contributed by atoms with van der Waals surface area (Å²) in [6.07, 6.45) is 4.43. The van der Waals surface area contributed by atoms with E-state index in [1.165, 1.54) is 0 Å². The molecule has 1 heterocycles. The molecule has 1 aliphatic heterocycles. The number of nitrogens with one attached hydrogen (secondary N) is 1. The first-order valence-electron chi connectivity index (χ1n) is 6.91. The smallest absolute Gasteiger partial charge is 0.307 e.